The molecule has 0 saturated heterocycles. The van der Waals surface area contributed by atoms with Crippen LogP contribution in [0.25, 0.3) is 11.4 Å². The van der Waals surface area contributed by atoms with E-state index in [9.17, 15) is 9.59 Å². The van der Waals surface area contributed by atoms with E-state index in [1.54, 1.807) is 42.7 Å². The van der Waals surface area contributed by atoms with Gasteiger partial charge in [-0.1, -0.05) is 45.9 Å². The molecule has 34 heavy (non-hydrogen) atoms. The number of hydrogen-bond donors (Lipinski definition) is 2. The average molecular weight is 516 g/mol. The molecule has 3 aromatic heterocycles. The van der Waals surface area contributed by atoms with E-state index in [2.05, 4.69) is 36.0 Å². The second-order valence-electron chi connectivity index (χ2n) is 6.83. The van der Waals surface area contributed by atoms with Crippen LogP contribution in [0.1, 0.15) is 18.7 Å². The molecule has 0 unspecified atom stereocenters. The highest BCUT2D eigenvalue weighted by Crippen LogP contribution is 2.26. The molecule has 0 aliphatic carbocycles. The quantitative estimate of drug-likeness (QED) is 0.233. The Kier molecular flexibility index (Phi) is 8.17. The van der Waals surface area contributed by atoms with Gasteiger partial charge in [0.1, 0.15) is 0 Å². The molecular weight excluding hydrogens is 498 g/mol. The van der Waals surface area contributed by atoms with Crippen LogP contribution in [0.4, 0.5) is 10.8 Å². The van der Waals surface area contributed by atoms with Crippen molar-refractivity contribution in [2.75, 3.05) is 16.4 Å². The fourth-order valence-electron chi connectivity index (χ4n) is 2.71. The van der Waals surface area contributed by atoms with Crippen LogP contribution in [0.5, 0.6) is 0 Å². The van der Waals surface area contributed by atoms with E-state index in [0.717, 1.165) is 5.56 Å². The van der Waals surface area contributed by atoms with Crippen molar-refractivity contribution in [3.05, 3.63) is 59.7 Å². The van der Waals surface area contributed by atoms with Gasteiger partial charge in [0, 0.05) is 53.7 Å². The highest BCUT2D eigenvalue weighted by molar-refractivity contribution is 8.01. The molecule has 4 aromatic rings. The number of anilines is 2. The summed E-state index contributed by atoms with van der Waals surface area (Å²) in [5.41, 5.74) is 1.39. The molecule has 10 nitrogen and oxygen atoms in total. The predicted molar refractivity (Wildman–Crippen MR) is 130 cm³/mol. The van der Waals surface area contributed by atoms with E-state index in [1.165, 1.54) is 23.1 Å². The molecule has 0 fully saturated rings. The molecule has 0 atom stereocenters. The maximum absolute atomic E-state index is 12.2. The second-order valence-corrected chi connectivity index (χ2v) is 9.59. The maximum Gasteiger partial charge on any atom is 0.227 e. The fourth-order valence-corrected chi connectivity index (χ4v) is 4.68. The van der Waals surface area contributed by atoms with Crippen LogP contribution in [0.3, 0.4) is 0 Å². The van der Waals surface area contributed by atoms with Gasteiger partial charge in [-0.15, -0.1) is 10.2 Å². The molecule has 0 bridgehead atoms. The van der Waals surface area contributed by atoms with Gasteiger partial charge < -0.3 is 15.2 Å². The van der Waals surface area contributed by atoms with Crippen molar-refractivity contribution >= 4 is 57.3 Å². The van der Waals surface area contributed by atoms with E-state index in [4.69, 9.17) is 16.1 Å². The number of hydrogen-bond acceptors (Lipinski definition) is 10. The first-order chi connectivity index (χ1) is 16.5. The number of thioether (sulfide) groups is 1. The van der Waals surface area contributed by atoms with Crippen LogP contribution in [-0.2, 0) is 16.0 Å². The summed E-state index contributed by atoms with van der Waals surface area (Å²) in [6.45, 7) is 0. The van der Waals surface area contributed by atoms with Crippen molar-refractivity contribution in [3.63, 3.8) is 0 Å². The minimum absolute atomic E-state index is 0.125. The Balaban J connectivity index is 1.17. The maximum atomic E-state index is 12.2. The van der Waals surface area contributed by atoms with Crippen molar-refractivity contribution in [1.82, 2.24) is 25.3 Å². The standard InChI is InChI=1S/C21H18ClN7O3S2/c22-14-4-1-5-15(11-14)24-17(31)8-10-33-21-28-27-20(34-21)25-16(30)6-7-18-26-19(29-32-18)13-3-2-9-23-12-13/h1-5,9,11-12H,6-8,10H2,(H,24,31)(H,25,27,30). The largest absolute Gasteiger partial charge is 0.339 e. The summed E-state index contributed by atoms with van der Waals surface area (Å²) in [7, 11) is 0. The number of carbonyl (C=O) groups is 2. The van der Waals surface area contributed by atoms with Gasteiger partial charge in [-0.25, -0.2) is 0 Å². The molecule has 13 heteroatoms. The third kappa shape index (κ3) is 7.07. The summed E-state index contributed by atoms with van der Waals surface area (Å²) in [4.78, 5) is 32.6. The summed E-state index contributed by atoms with van der Waals surface area (Å²) >= 11 is 8.55. The van der Waals surface area contributed by atoms with Gasteiger partial charge >= 0.3 is 0 Å². The molecule has 4 rings (SSSR count). The van der Waals surface area contributed by atoms with Crippen LogP contribution in [0, 0.1) is 0 Å². The lowest BCUT2D eigenvalue weighted by Crippen LogP contribution is -2.12. The van der Waals surface area contributed by atoms with Gasteiger partial charge in [0.05, 0.1) is 0 Å². The zero-order valence-corrected chi connectivity index (χ0v) is 20.0. The zero-order chi connectivity index (χ0) is 23.8. The Morgan fingerprint density at radius 2 is 1.97 bits per heavy atom. The first-order valence-corrected chi connectivity index (χ1v) is 12.3. The molecule has 1 aromatic carbocycles. The number of aryl methyl sites for hydroxylation is 1. The summed E-state index contributed by atoms with van der Waals surface area (Å²) < 4.78 is 5.85. The Labute approximate surface area is 207 Å². The summed E-state index contributed by atoms with van der Waals surface area (Å²) in [5.74, 6) is 0.940. The van der Waals surface area contributed by atoms with Crippen LogP contribution in [-0.4, -0.2) is 42.9 Å². The predicted octanol–water partition coefficient (Wildman–Crippen LogP) is 4.33. The highest BCUT2D eigenvalue weighted by atomic mass is 35.5. The van der Waals surface area contributed by atoms with Gasteiger partial charge in [0.25, 0.3) is 0 Å². The third-order valence-electron chi connectivity index (χ3n) is 4.27. The number of pyridine rings is 1. The number of halogens is 1. The van der Waals surface area contributed by atoms with Gasteiger partial charge in [-0.2, -0.15) is 4.98 Å². The molecule has 0 spiro atoms. The number of nitrogens with one attached hydrogen (secondary N) is 2. The van der Waals surface area contributed by atoms with Crippen molar-refractivity contribution in [3.8, 4) is 11.4 Å². The van der Waals surface area contributed by atoms with Crippen molar-refractivity contribution in [1.29, 1.82) is 0 Å². The number of nitrogens with zero attached hydrogens (tertiary/aromatic N) is 5. The molecule has 2 N–H and O–H groups in total. The lowest BCUT2D eigenvalue weighted by Gasteiger charge is -2.04. The molecule has 0 aliphatic rings. The Hall–Kier alpha value is -3.35. The molecule has 0 radical (unpaired) electrons. The molecule has 0 saturated carbocycles. The Morgan fingerprint density at radius 1 is 1.09 bits per heavy atom. The summed E-state index contributed by atoms with van der Waals surface area (Å²) in [6.07, 6.45) is 4.04. The van der Waals surface area contributed by atoms with E-state index < -0.39 is 0 Å². The van der Waals surface area contributed by atoms with Crippen molar-refractivity contribution < 1.29 is 14.1 Å². The van der Waals surface area contributed by atoms with Crippen molar-refractivity contribution in [2.24, 2.45) is 0 Å². The van der Waals surface area contributed by atoms with Crippen LogP contribution < -0.4 is 10.6 Å². The first-order valence-electron chi connectivity index (χ1n) is 10.1. The summed E-state index contributed by atoms with van der Waals surface area (Å²) in [6, 6.07) is 10.6. The lowest BCUT2D eigenvalue weighted by atomic mass is 10.2. The van der Waals surface area contributed by atoms with Gasteiger partial charge in [-0.05, 0) is 30.3 Å². The fraction of sp³-hybridized carbons (Fsp3) is 0.190. The molecule has 3 heterocycles. The smallest absolute Gasteiger partial charge is 0.227 e. The zero-order valence-electron chi connectivity index (χ0n) is 17.6. The first kappa shape index (κ1) is 23.8. The SMILES string of the molecule is O=C(CCSc1nnc(NC(=O)CCc2nc(-c3cccnc3)no2)s1)Nc1cccc(Cl)c1. The van der Waals surface area contributed by atoms with Gasteiger partial charge in [-0.3, -0.25) is 14.6 Å². The monoisotopic (exact) mass is 515 g/mol. The number of amides is 2. The average Bonchev–Trinajstić information content (AvgIpc) is 3.48. The number of carbonyl (C=O) groups excluding carboxylic acids is 2. The third-order valence-corrected chi connectivity index (χ3v) is 6.48. The lowest BCUT2D eigenvalue weighted by molar-refractivity contribution is -0.116. The minimum atomic E-state index is -0.241. The number of aromatic nitrogens is 5. The van der Waals surface area contributed by atoms with Crippen LogP contribution in [0.15, 0.2) is 57.7 Å². The molecule has 2 amide bonds. The van der Waals surface area contributed by atoms with Gasteiger partial charge in [0.15, 0.2) is 4.34 Å². The van der Waals surface area contributed by atoms with Gasteiger partial charge in [0.2, 0.25) is 28.7 Å². The molecular formula is C21H18ClN7O3S2. The second kappa shape index (κ2) is 11.7. The summed E-state index contributed by atoms with van der Waals surface area (Å²) in [5, 5.41) is 18.4. The Morgan fingerprint density at radius 3 is 2.79 bits per heavy atom. The van der Waals surface area contributed by atoms with E-state index in [1.807, 2.05) is 6.07 Å². The number of rotatable bonds is 10. The van der Waals surface area contributed by atoms with E-state index in [0.29, 0.717) is 50.5 Å². The molecule has 174 valence electrons. The minimum Gasteiger partial charge on any atom is -0.339 e. The van der Waals surface area contributed by atoms with Crippen LogP contribution in [0.2, 0.25) is 5.02 Å². The normalized spacial score (nSPS) is 10.7. The Bertz CT molecular complexity index is 1270. The number of benzene rings is 1. The van der Waals surface area contributed by atoms with Crippen molar-refractivity contribution in [2.45, 2.75) is 23.6 Å². The topological polar surface area (TPSA) is 136 Å². The van der Waals surface area contributed by atoms with E-state index >= 15 is 0 Å². The van der Waals surface area contributed by atoms with Crippen LogP contribution >= 0.6 is 34.7 Å². The molecule has 0 aliphatic heterocycles. The van der Waals surface area contributed by atoms with E-state index in [-0.39, 0.29) is 18.2 Å². The highest BCUT2D eigenvalue weighted by Gasteiger charge is 2.13.